The number of nitrogens with two attached hydrogens (primary N) is 1. The predicted octanol–water partition coefficient (Wildman–Crippen LogP) is -0.477. The van der Waals surface area contributed by atoms with Crippen molar-refractivity contribution in [3.8, 4) is 5.88 Å². The average Bonchev–Trinajstić information content (AvgIpc) is 2.19. The number of aliphatic hydroxyl groups excluding tert-OH is 1. The van der Waals surface area contributed by atoms with Gasteiger partial charge in [0.05, 0.1) is 19.0 Å². The summed E-state index contributed by atoms with van der Waals surface area (Å²) in [5.74, 6) is 5.96. The molecule has 0 saturated carbocycles. The standard InChI is InChI=1S/C7H12N4O2/c8-11-6-4-9-5-7(10-6)13-3-1-2-12/h4-5,12H,1-3,8H2,(H,10,11). The first-order valence-corrected chi connectivity index (χ1v) is 3.89. The number of aliphatic hydroxyl groups is 1. The van der Waals surface area contributed by atoms with Crippen LogP contribution in [0.4, 0.5) is 5.82 Å². The van der Waals surface area contributed by atoms with Gasteiger partial charge in [-0.1, -0.05) is 0 Å². The number of hydrazine groups is 1. The molecule has 0 bridgehead atoms. The van der Waals surface area contributed by atoms with E-state index in [-0.39, 0.29) is 6.61 Å². The molecule has 6 nitrogen and oxygen atoms in total. The first kappa shape index (κ1) is 9.69. The molecule has 72 valence electrons. The van der Waals surface area contributed by atoms with Crippen molar-refractivity contribution in [2.45, 2.75) is 6.42 Å². The van der Waals surface area contributed by atoms with Crippen LogP contribution in [0.25, 0.3) is 0 Å². The van der Waals surface area contributed by atoms with Crippen LogP contribution in [-0.2, 0) is 0 Å². The zero-order valence-electron chi connectivity index (χ0n) is 7.10. The molecule has 0 aromatic carbocycles. The third kappa shape index (κ3) is 3.22. The van der Waals surface area contributed by atoms with Gasteiger partial charge in [-0.25, -0.2) is 5.84 Å². The Morgan fingerprint density at radius 3 is 3.08 bits per heavy atom. The molecule has 0 aliphatic heterocycles. The molecule has 0 amide bonds. The topological polar surface area (TPSA) is 93.3 Å². The third-order valence-electron chi connectivity index (χ3n) is 1.31. The molecule has 0 fully saturated rings. The molecule has 1 aromatic heterocycles. The maximum absolute atomic E-state index is 8.50. The number of hydrogen-bond donors (Lipinski definition) is 3. The van der Waals surface area contributed by atoms with E-state index in [0.717, 1.165) is 0 Å². The Kier molecular flexibility index (Phi) is 3.94. The van der Waals surface area contributed by atoms with Crippen LogP contribution in [0.15, 0.2) is 12.4 Å². The van der Waals surface area contributed by atoms with Crippen molar-refractivity contribution < 1.29 is 9.84 Å². The van der Waals surface area contributed by atoms with Crippen molar-refractivity contribution in [1.29, 1.82) is 0 Å². The second-order valence-corrected chi connectivity index (χ2v) is 2.31. The largest absolute Gasteiger partial charge is 0.476 e. The van der Waals surface area contributed by atoms with Gasteiger partial charge in [0.2, 0.25) is 5.88 Å². The highest BCUT2D eigenvalue weighted by Crippen LogP contribution is 2.07. The SMILES string of the molecule is NNc1cncc(OCCCO)n1. The monoisotopic (exact) mass is 184 g/mol. The van der Waals surface area contributed by atoms with Crippen molar-refractivity contribution in [2.75, 3.05) is 18.6 Å². The van der Waals surface area contributed by atoms with Crippen molar-refractivity contribution >= 4 is 5.82 Å². The van der Waals surface area contributed by atoms with Crippen molar-refractivity contribution in [3.05, 3.63) is 12.4 Å². The smallest absolute Gasteiger partial charge is 0.234 e. The first-order chi connectivity index (χ1) is 6.36. The van der Waals surface area contributed by atoms with Crippen LogP contribution < -0.4 is 16.0 Å². The minimum atomic E-state index is 0.0995. The molecule has 0 radical (unpaired) electrons. The minimum absolute atomic E-state index is 0.0995. The van der Waals surface area contributed by atoms with Crippen LogP contribution in [0.1, 0.15) is 6.42 Å². The van der Waals surface area contributed by atoms with Crippen LogP contribution in [0.2, 0.25) is 0 Å². The lowest BCUT2D eigenvalue weighted by atomic mass is 10.5. The zero-order chi connectivity index (χ0) is 9.52. The van der Waals surface area contributed by atoms with Crippen molar-refractivity contribution in [1.82, 2.24) is 9.97 Å². The Bertz CT molecular complexity index is 256. The molecular weight excluding hydrogens is 172 g/mol. The average molecular weight is 184 g/mol. The fraction of sp³-hybridized carbons (Fsp3) is 0.429. The van der Waals surface area contributed by atoms with E-state index in [1.54, 1.807) is 0 Å². The summed E-state index contributed by atoms with van der Waals surface area (Å²) in [4.78, 5) is 7.80. The number of nitrogen functional groups attached to an aromatic ring is 1. The summed E-state index contributed by atoms with van der Waals surface area (Å²) >= 11 is 0. The van der Waals surface area contributed by atoms with E-state index >= 15 is 0 Å². The van der Waals surface area contributed by atoms with Gasteiger partial charge < -0.3 is 15.3 Å². The van der Waals surface area contributed by atoms with Crippen LogP contribution in [0.5, 0.6) is 5.88 Å². The first-order valence-electron chi connectivity index (χ1n) is 3.89. The summed E-state index contributed by atoms with van der Waals surface area (Å²) in [6, 6.07) is 0. The molecule has 0 spiro atoms. The van der Waals surface area contributed by atoms with Gasteiger partial charge in [-0.2, -0.15) is 4.98 Å². The lowest BCUT2D eigenvalue weighted by Crippen LogP contribution is -2.10. The second kappa shape index (κ2) is 5.28. The Labute approximate surface area is 75.7 Å². The number of nitrogens with zero attached hydrogens (tertiary/aromatic N) is 2. The normalized spacial score (nSPS) is 9.69. The molecule has 1 rings (SSSR count). The van der Waals surface area contributed by atoms with Gasteiger partial charge in [0.25, 0.3) is 0 Å². The highest BCUT2D eigenvalue weighted by atomic mass is 16.5. The van der Waals surface area contributed by atoms with Gasteiger partial charge in [0, 0.05) is 13.0 Å². The Hall–Kier alpha value is -1.40. The third-order valence-corrected chi connectivity index (χ3v) is 1.31. The predicted molar refractivity (Wildman–Crippen MR) is 47.0 cm³/mol. The van der Waals surface area contributed by atoms with Crippen molar-refractivity contribution in [2.24, 2.45) is 5.84 Å². The lowest BCUT2D eigenvalue weighted by Gasteiger charge is -2.04. The number of aromatic nitrogens is 2. The molecule has 0 unspecified atom stereocenters. The Balaban J connectivity index is 2.46. The second-order valence-electron chi connectivity index (χ2n) is 2.31. The van der Waals surface area contributed by atoms with E-state index < -0.39 is 0 Å². The van der Waals surface area contributed by atoms with E-state index in [4.69, 9.17) is 15.7 Å². The van der Waals surface area contributed by atoms with Crippen LogP contribution >= 0.6 is 0 Å². The van der Waals surface area contributed by atoms with Gasteiger partial charge in [-0.15, -0.1) is 0 Å². The van der Waals surface area contributed by atoms with Gasteiger partial charge in [-0.05, 0) is 0 Å². The molecule has 0 saturated heterocycles. The van der Waals surface area contributed by atoms with Crippen LogP contribution in [0.3, 0.4) is 0 Å². The molecule has 1 heterocycles. The van der Waals surface area contributed by atoms with Gasteiger partial charge in [-0.3, -0.25) is 4.98 Å². The number of nitrogens with one attached hydrogen (secondary N) is 1. The Morgan fingerprint density at radius 1 is 1.54 bits per heavy atom. The molecule has 1 aromatic rings. The molecule has 0 aliphatic carbocycles. The van der Waals surface area contributed by atoms with Crippen LogP contribution in [-0.4, -0.2) is 28.3 Å². The minimum Gasteiger partial charge on any atom is -0.476 e. The van der Waals surface area contributed by atoms with Gasteiger partial charge in [0.15, 0.2) is 5.82 Å². The summed E-state index contributed by atoms with van der Waals surface area (Å²) in [6.07, 6.45) is 3.54. The zero-order valence-corrected chi connectivity index (χ0v) is 7.10. The molecular formula is C7H12N4O2. The quantitative estimate of drug-likeness (QED) is 0.325. The molecule has 4 N–H and O–H groups in total. The number of rotatable bonds is 5. The molecule has 6 heteroatoms. The summed E-state index contributed by atoms with van der Waals surface area (Å²) in [6.45, 7) is 0.515. The molecule has 0 atom stereocenters. The maximum atomic E-state index is 8.50. The summed E-state index contributed by atoms with van der Waals surface area (Å²) in [7, 11) is 0. The van der Waals surface area contributed by atoms with E-state index in [1.807, 2.05) is 0 Å². The Morgan fingerprint density at radius 2 is 2.38 bits per heavy atom. The highest BCUT2D eigenvalue weighted by molar-refractivity contribution is 5.31. The fourth-order valence-electron chi connectivity index (χ4n) is 0.728. The number of hydrogen-bond acceptors (Lipinski definition) is 6. The van der Waals surface area contributed by atoms with Gasteiger partial charge in [0.1, 0.15) is 0 Å². The van der Waals surface area contributed by atoms with Gasteiger partial charge >= 0.3 is 0 Å². The van der Waals surface area contributed by atoms with Crippen molar-refractivity contribution in [3.63, 3.8) is 0 Å². The van der Waals surface area contributed by atoms with Crippen LogP contribution in [0, 0.1) is 0 Å². The molecule has 13 heavy (non-hydrogen) atoms. The maximum Gasteiger partial charge on any atom is 0.234 e. The van der Waals surface area contributed by atoms with E-state index in [0.29, 0.717) is 24.7 Å². The fourth-order valence-corrected chi connectivity index (χ4v) is 0.728. The highest BCUT2D eigenvalue weighted by Gasteiger charge is 1.97. The van der Waals surface area contributed by atoms with E-state index in [9.17, 15) is 0 Å². The van der Waals surface area contributed by atoms with E-state index in [1.165, 1.54) is 12.4 Å². The lowest BCUT2D eigenvalue weighted by molar-refractivity contribution is 0.229. The summed E-state index contributed by atoms with van der Waals surface area (Å²) in [5.41, 5.74) is 2.35. The van der Waals surface area contributed by atoms with E-state index in [2.05, 4.69) is 15.4 Å². The summed E-state index contributed by atoms with van der Waals surface area (Å²) in [5, 5.41) is 8.50. The number of anilines is 1. The number of ether oxygens (including phenoxy) is 1. The summed E-state index contributed by atoms with van der Waals surface area (Å²) < 4.78 is 5.16. The molecule has 0 aliphatic rings.